The monoisotopic (exact) mass is 210 g/mol. The Balaban J connectivity index is 2.47. The maximum atomic E-state index is 9.38. The van der Waals surface area contributed by atoms with Crippen molar-refractivity contribution in [2.45, 2.75) is 38.8 Å². The Kier molecular flexibility index (Phi) is 4.75. The minimum absolute atomic E-state index is 0.404. The Morgan fingerprint density at radius 1 is 1.07 bits per heavy atom. The van der Waals surface area contributed by atoms with E-state index in [1.54, 1.807) is 13.8 Å². The van der Waals surface area contributed by atoms with Crippen molar-refractivity contribution >= 4 is 0 Å². The number of benzene rings is 1. The van der Waals surface area contributed by atoms with Crippen LogP contribution in [0.2, 0.25) is 0 Å². The number of hydrogen-bond donors (Lipinski definition) is 2. The van der Waals surface area contributed by atoms with Gasteiger partial charge >= 0.3 is 0 Å². The van der Waals surface area contributed by atoms with E-state index in [2.05, 4.69) is 0 Å². The van der Waals surface area contributed by atoms with Crippen LogP contribution in [-0.4, -0.2) is 28.5 Å². The second-order valence-corrected chi connectivity index (χ2v) is 3.74. The summed E-state index contributed by atoms with van der Waals surface area (Å²) in [4.78, 5) is 0. The van der Waals surface area contributed by atoms with Crippen LogP contribution in [0.1, 0.15) is 19.4 Å². The normalized spacial score (nSPS) is 15.3. The van der Waals surface area contributed by atoms with Crippen LogP contribution < -0.4 is 0 Å². The number of aliphatic hydroxyl groups is 2. The van der Waals surface area contributed by atoms with Crippen molar-refractivity contribution in [1.82, 2.24) is 0 Å². The lowest BCUT2D eigenvalue weighted by Crippen LogP contribution is -2.36. The molecule has 0 aliphatic rings. The summed E-state index contributed by atoms with van der Waals surface area (Å²) in [6, 6.07) is 9.68. The molecule has 0 saturated heterocycles. The van der Waals surface area contributed by atoms with Crippen LogP contribution in [0, 0.1) is 0 Å². The van der Waals surface area contributed by atoms with Gasteiger partial charge in [0.25, 0.3) is 0 Å². The van der Waals surface area contributed by atoms with E-state index in [-0.39, 0.29) is 0 Å². The molecule has 1 aromatic rings. The highest BCUT2D eigenvalue weighted by molar-refractivity contribution is 5.13. The average molecular weight is 210 g/mol. The fourth-order valence-corrected chi connectivity index (χ4v) is 1.45. The highest BCUT2D eigenvalue weighted by Gasteiger charge is 2.20. The van der Waals surface area contributed by atoms with Gasteiger partial charge in [-0.2, -0.15) is 0 Å². The summed E-state index contributed by atoms with van der Waals surface area (Å²) in [6.07, 6.45) is -1.88. The predicted octanol–water partition coefficient (Wildman–Crippen LogP) is 1.33. The summed E-state index contributed by atoms with van der Waals surface area (Å²) in [5.74, 6) is 0. The zero-order valence-electron chi connectivity index (χ0n) is 9.13. The summed E-state index contributed by atoms with van der Waals surface area (Å²) in [7, 11) is 0. The number of ether oxygens (including phenoxy) is 1. The molecule has 0 fully saturated rings. The molecular formula is C12H18O3. The van der Waals surface area contributed by atoms with Crippen molar-refractivity contribution in [2.24, 2.45) is 0 Å². The molecule has 0 unspecified atom stereocenters. The van der Waals surface area contributed by atoms with Crippen molar-refractivity contribution in [1.29, 1.82) is 0 Å². The molecule has 0 saturated carbocycles. The van der Waals surface area contributed by atoms with Gasteiger partial charge in [-0.3, -0.25) is 0 Å². The Morgan fingerprint density at radius 3 is 2.07 bits per heavy atom. The van der Waals surface area contributed by atoms with Crippen molar-refractivity contribution in [3.05, 3.63) is 35.9 Å². The maximum Gasteiger partial charge on any atom is 0.109 e. The van der Waals surface area contributed by atoms with Crippen LogP contribution in [-0.2, 0) is 11.3 Å². The third-order valence-corrected chi connectivity index (χ3v) is 2.24. The van der Waals surface area contributed by atoms with Gasteiger partial charge in [0.1, 0.15) is 6.10 Å². The van der Waals surface area contributed by atoms with E-state index in [4.69, 9.17) is 4.74 Å². The molecule has 2 N–H and O–H groups in total. The standard InChI is InChI=1S/C12H18O3/c1-9(13)12(10(2)14)15-8-11-6-4-3-5-7-11/h3-7,9-10,12-14H,8H2,1-2H3/t9-,10-/m0/s1. The topological polar surface area (TPSA) is 49.7 Å². The van der Waals surface area contributed by atoms with Gasteiger partial charge in [0.05, 0.1) is 18.8 Å². The number of aliphatic hydroxyl groups excluding tert-OH is 2. The lowest BCUT2D eigenvalue weighted by Gasteiger charge is -2.23. The van der Waals surface area contributed by atoms with Gasteiger partial charge in [-0.1, -0.05) is 30.3 Å². The maximum absolute atomic E-state index is 9.38. The summed E-state index contributed by atoms with van der Waals surface area (Å²) in [6.45, 7) is 3.63. The fraction of sp³-hybridized carbons (Fsp3) is 0.500. The highest BCUT2D eigenvalue weighted by Crippen LogP contribution is 2.09. The van der Waals surface area contributed by atoms with Gasteiger partial charge in [0.2, 0.25) is 0 Å². The van der Waals surface area contributed by atoms with Gasteiger partial charge in [-0.15, -0.1) is 0 Å². The minimum atomic E-state index is -0.672. The molecule has 15 heavy (non-hydrogen) atoms. The summed E-state index contributed by atoms with van der Waals surface area (Å²) >= 11 is 0. The third-order valence-electron chi connectivity index (χ3n) is 2.24. The summed E-state index contributed by atoms with van der Waals surface area (Å²) in [5, 5.41) is 18.8. The van der Waals surface area contributed by atoms with Gasteiger partial charge in [-0.25, -0.2) is 0 Å². The molecule has 3 heteroatoms. The molecular weight excluding hydrogens is 192 g/mol. The number of rotatable bonds is 5. The Morgan fingerprint density at radius 2 is 1.60 bits per heavy atom. The lowest BCUT2D eigenvalue weighted by atomic mass is 10.1. The first kappa shape index (κ1) is 12.2. The highest BCUT2D eigenvalue weighted by atomic mass is 16.5. The Labute approximate surface area is 90.3 Å². The van der Waals surface area contributed by atoms with E-state index in [1.807, 2.05) is 30.3 Å². The molecule has 1 aromatic carbocycles. The molecule has 0 amide bonds. The van der Waals surface area contributed by atoms with Crippen LogP contribution >= 0.6 is 0 Å². The van der Waals surface area contributed by atoms with Crippen molar-refractivity contribution in [3.63, 3.8) is 0 Å². The largest absolute Gasteiger partial charge is 0.391 e. The zero-order chi connectivity index (χ0) is 11.3. The molecule has 84 valence electrons. The summed E-state index contributed by atoms with van der Waals surface area (Å²) < 4.78 is 5.45. The van der Waals surface area contributed by atoms with E-state index >= 15 is 0 Å². The first-order valence-corrected chi connectivity index (χ1v) is 5.13. The second kappa shape index (κ2) is 5.85. The molecule has 0 aliphatic heterocycles. The van der Waals surface area contributed by atoms with Crippen LogP contribution in [0.5, 0.6) is 0 Å². The van der Waals surface area contributed by atoms with Crippen molar-refractivity contribution in [2.75, 3.05) is 0 Å². The second-order valence-electron chi connectivity index (χ2n) is 3.74. The zero-order valence-corrected chi connectivity index (χ0v) is 9.13. The van der Waals surface area contributed by atoms with E-state index in [9.17, 15) is 10.2 Å². The Bertz CT molecular complexity index is 261. The molecule has 0 aliphatic carbocycles. The smallest absolute Gasteiger partial charge is 0.109 e. The van der Waals surface area contributed by atoms with Crippen LogP contribution in [0.4, 0.5) is 0 Å². The van der Waals surface area contributed by atoms with E-state index < -0.39 is 18.3 Å². The fourth-order valence-electron chi connectivity index (χ4n) is 1.45. The van der Waals surface area contributed by atoms with Gasteiger partial charge < -0.3 is 14.9 Å². The lowest BCUT2D eigenvalue weighted by molar-refractivity contribution is -0.0949. The van der Waals surface area contributed by atoms with Gasteiger partial charge in [0, 0.05) is 0 Å². The predicted molar refractivity (Wildman–Crippen MR) is 58.4 cm³/mol. The molecule has 0 aromatic heterocycles. The molecule has 0 spiro atoms. The Hall–Kier alpha value is -0.900. The molecule has 0 radical (unpaired) electrons. The van der Waals surface area contributed by atoms with Crippen LogP contribution in [0.3, 0.4) is 0 Å². The van der Waals surface area contributed by atoms with Gasteiger partial charge in [-0.05, 0) is 19.4 Å². The van der Waals surface area contributed by atoms with Crippen molar-refractivity contribution in [3.8, 4) is 0 Å². The van der Waals surface area contributed by atoms with Crippen LogP contribution in [0.25, 0.3) is 0 Å². The third kappa shape index (κ3) is 4.00. The molecule has 2 atom stereocenters. The van der Waals surface area contributed by atoms with Crippen LogP contribution in [0.15, 0.2) is 30.3 Å². The average Bonchev–Trinajstić information content (AvgIpc) is 2.18. The van der Waals surface area contributed by atoms with Crippen molar-refractivity contribution < 1.29 is 14.9 Å². The SMILES string of the molecule is C[C@H](O)C(OCc1ccccc1)[C@H](C)O. The van der Waals surface area contributed by atoms with E-state index in [0.29, 0.717) is 6.61 Å². The molecule has 0 heterocycles. The van der Waals surface area contributed by atoms with E-state index in [1.165, 1.54) is 0 Å². The minimum Gasteiger partial charge on any atom is -0.391 e. The first-order valence-electron chi connectivity index (χ1n) is 5.13. The molecule has 1 rings (SSSR count). The summed E-state index contributed by atoms with van der Waals surface area (Å²) in [5.41, 5.74) is 1.03. The molecule has 0 bridgehead atoms. The van der Waals surface area contributed by atoms with E-state index in [0.717, 1.165) is 5.56 Å². The quantitative estimate of drug-likeness (QED) is 0.771. The van der Waals surface area contributed by atoms with Gasteiger partial charge in [0.15, 0.2) is 0 Å². The molecule has 3 nitrogen and oxygen atoms in total. The number of hydrogen-bond acceptors (Lipinski definition) is 3. The first-order chi connectivity index (χ1) is 7.11.